The van der Waals surface area contributed by atoms with Crippen LogP contribution in [0.25, 0.3) is 6.08 Å². The molecule has 0 spiro atoms. The predicted molar refractivity (Wildman–Crippen MR) is 123 cm³/mol. The van der Waals surface area contributed by atoms with E-state index in [1.54, 1.807) is 25.3 Å². The first-order valence-corrected chi connectivity index (χ1v) is 10.6. The van der Waals surface area contributed by atoms with Crippen LogP contribution in [0.3, 0.4) is 0 Å². The second-order valence-electron chi connectivity index (χ2n) is 5.93. The molecule has 0 aliphatic carbocycles. The fourth-order valence-electron chi connectivity index (χ4n) is 2.58. The molecule has 0 bridgehead atoms. The average Bonchev–Trinajstić information content (AvgIpc) is 3.08. The Morgan fingerprint density at radius 2 is 2.00 bits per heavy atom. The Hall–Kier alpha value is -2.89. The van der Waals surface area contributed by atoms with Crippen molar-refractivity contribution in [2.24, 2.45) is 4.99 Å². The van der Waals surface area contributed by atoms with E-state index in [2.05, 4.69) is 32.2 Å². The van der Waals surface area contributed by atoms with E-state index < -0.39 is 0 Å². The Bertz CT molecular complexity index is 1040. The van der Waals surface area contributed by atoms with Crippen molar-refractivity contribution in [1.82, 2.24) is 5.32 Å². The van der Waals surface area contributed by atoms with Gasteiger partial charge in [-0.05, 0) is 66.7 Å². The van der Waals surface area contributed by atoms with E-state index in [9.17, 15) is 4.79 Å². The van der Waals surface area contributed by atoms with E-state index >= 15 is 0 Å². The molecular formula is C22H19BrN2O4S. The fourth-order valence-corrected chi connectivity index (χ4v) is 3.85. The summed E-state index contributed by atoms with van der Waals surface area (Å²) in [5, 5.41) is 3.29. The van der Waals surface area contributed by atoms with Gasteiger partial charge < -0.3 is 19.5 Å². The van der Waals surface area contributed by atoms with Crippen molar-refractivity contribution in [3.05, 3.63) is 51.3 Å². The Balaban J connectivity index is 1.81. The molecule has 0 unspecified atom stereocenters. The van der Waals surface area contributed by atoms with E-state index in [0.29, 0.717) is 28.2 Å². The van der Waals surface area contributed by atoms with Gasteiger partial charge in [-0.25, -0.2) is 4.99 Å². The highest BCUT2D eigenvalue weighted by molar-refractivity contribution is 9.10. The van der Waals surface area contributed by atoms with Gasteiger partial charge in [-0.15, -0.1) is 6.42 Å². The third kappa shape index (κ3) is 5.38. The van der Waals surface area contributed by atoms with E-state index in [1.165, 1.54) is 11.8 Å². The number of nitrogens with zero attached hydrogens (tertiary/aromatic N) is 1. The van der Waals surface area contributed by atoms with E-state index in [4.69, 9.17) is 20.6 Å². The summed E-state index contributed by atoms with van der Waals surface area (Å²) in [6, 6.07) is 10.9. The lowest BCUT2D eigenvalue weighted by Gasteiger charge is -2.11. The van der Waals surface area contributed by atoms with Crippen molar-refractivity contribution in [2.45, 2.75) is 6.92 Å². The summed E-state index contributed by atoms with van der Waals surface area (Å²) in [6.45, 7) is 2.66. The van der Waals surface area contributed by atoms with E-state index in [1.807, 2.05) is 31.2 Å². The van der Waals surface area contributed by atoms with Crippen molar-refractivity contribution in [3.8, 4) is 29.6 Å². The van der Waals surface area contributed by atoms with Crippen molar-refractivity contribution in [1.29, 1.82) is 0 Å². The highest BCUT2D eigenvalue weighted by Gasteiger charge is 2.24. The minimum absolute atomic E-state index is 0.132. The molecule has 3 rings (SSSR count). The predicted octanol–water partition coefficient (Wildman–Crippen LogP) is 4.76. The molecule has 2 aromatic rings. The molecule has 0 radical (unpaired) electrons. The van der Waals surface area contributed by atoms with Crippen LogP contribution in [-0.4, -0.2) is 31.4 Å². The highest BCUT2D eigenvalue weighted by Crippen LogP contribution is 2.36. The van der Waals surface area contributed by atoms with Crippen LogP contribution in [0.1, 0.15) is 12.5 Å². The summed E-state index contributed by atoms with van der Waals surface area (Å²) in [5.41, 5.74) is 1.49. The number of nitrogens with one attached hydrogen (secondary N) is 1. The molecule has 30 heavy (non-hydrogen) atoms. The third-order valence-corrected chi connectivity index (χ3v) is 5.51. The van der Waals surface area contributed by atoms with Gasteiger partial charge in [0.05, 0.1) is 24.3 Å². The highest BCUT2D eigenvalue weighted by atomic mass is 79.9. The Kier molecular flexibility index (Phi) is 7.44. The number of methoxy groups -OCH3 is 1. The van der Waals surface area contributed by atoms with Gasteiger partial charge in [-0.1, -0.05) is 21.9 Å². The molecule has 6 nitrogen and oxygen atoms in total. The smallest absolute Gasteiger partial charge is 0.264 e. The molecule has 8 heteroatoms. The summed E-state index contributed by atoms with van der Waals surface area (Å²) in [7, 11) is 1.54. The number of halogens is 1. The number of carbonyl (C=O) groups excluding carboxylic acids is 1. The topological polar surface area (TPSA) is 69.2 Å². The maximum atomic E-state index is 12.4. The Morgan fingerprint density at radius 3 is 2.67 bits per heavy atom. The first kappa shape index (κ1) is 21.8. The normalized spacial score (nSPS) is 15.7. The molecule has 1 saturated heterocycles. The van der Waals surface area contributed by atoms with Gasteiger partial charge in [0.15, 0.2) is 16.7 Å². The molecule has 2 aromatic carbocycles. The van der Waals surface area contributed by atoms with Crippen LogP contribution in [0.5, 0.6) is 17.2 Å². The van der Waals surface area contributed by atoms with Gasteiger partial charge in [0.2, 0.25) is 0 Å². The van der Waals surface area contributed by atoms with Gasteiger partial charge >= 0.3 is 0 Å². The zero-order valence-corrected chi connectivity index (χ0v) is 18.8. The summed E-state index contributed by atoms with van der Waals surface area (Å²) < 4.78 is 17.0. The van der Waals surface area contributed by atoms with Gasteiger partial charge in [0.1, 0.15) is 12.4 Å². The van der Waals surface area contributed by atoms with Crippen molar-refractivity contribution >= 4 is 50.5 Å². The van der Waals surface area contributed by atoms with Crippen molar-refractivity contribution < 1.29 is 19.0 Å². The number of hydrogen-bond donors (Lipinski definition) is 1. The van der Waals surface area contributed by atoms with E-state index in [-0.39, 0.29) is 12.5 Å². The molecule has 1 fully saturated rings. The number of rotatable bonds is 7. The molecule has 1 N–H and O–H groups in total. The van der Waals surface area contributed by atoms with Gasteiger partial charge in [-0.3, -0.25) is 4.79 Å². The minimum atomic E-state index is -0.219. The van der Waals surface area contributed by atoms with Gasteiger partial charge in [-0.2, -0.15) is 0 Å². The number of terminal acetylenes is 1. The summed E-state index contributed by atoms with van der Waals surface area (Å²) in [5.74, 6) is 4.02. The molecular weight excluding hydrogens is 468 g/mol. The lowest BCUT2D eigenvalue weighted by molar-refractivity contribution is -0.115. The second-order valence-corrected chi connectivity index (χ2v) is 7.81. The van der Waals surface area contributed by atoms with Crippen LogP contribution in [-0.2, 0) is 4.79 Å². The molecule has 0 atom stereocenters. The molecule has 0 saturated carbocycles. The monoisotopic (exact) mass is 486 g/mol. The largest absolute Gasteiger partial charge is 0.494 e. The van der Waals surface area contributed by atoms with Gasteiger partial charge in [0.25, 0.3) is 5.91 Å². The van der Waals surface area contributed by atoms with Crippen LogP contribution in [0.4, 0.5) is 5.69 Å². The van der Waals surface area contributed by atoms with Crippen LogP contribution >= 0.6 is 27.7 Å². The standard InChI is InChI=1S/C22H19BrN2O4S/c1-4-10-29-19-13-17(23)14(11-18(19)27-3)12-20-21(26)25-22(30-20)24-15-6-8-16(9-7-15)28-5-2/h1,6-9,11-13H,5,10H2,2-3H3,(H,24,25,26)/b20-12+. The fraction of sp³-hybridized carbons (Fsp3) is 0.182. The number of thioether (sulfide) groups is 1. The average molecular weight is 487 g/mol. The van der Waals surface area contributed by atoms with Crippen LogP contribution in [0, 0.1) is 12.3 Å². The molecule has 1 amide bonds. The number of ether oxygens (including phenoxy) is 3. The zero-order chi connectivity index (χ0) is 21.5. The molecule has 1 aliphatic heterocycles. The molecule has 154 valence electrons. The maximum Gasteiger partial charge on any atom is 0.264 e. The van der Waals surface area contributed by atoms with Crippen LogP contribution < -0.4 is 19.5 Å². The van der Waals surface area contributed by atoms with Crippen LogP contribution in [0.2, 0.25) is 0 Å². The summed E-state index contributed by atoms with van der Waals surface area (Å²) >= 11 is 4.77. The van der Waals surface area contributed by atoms with E-state index in [0.717, 1.165) is 21.5 Å². The van der Waals surface area contributed by atoms with Crippen molar-refractivity contribution in [3.63, 3.8) is 0 Å². The number of carbonyl (C=O) groups is 1. The number of hydrogen-bond acceptors (Lipinski definition) is 6. The lowest BCUT2D eigenvalue weighted by Crippen LogP contribution is -2.19. The van der Waals surface area contributed by atoms with Gasteiger partial charge in [0, 0.05) is 4.47 Å². The SMILES string of the molecule is C#CCOc1cc(Br)c(/C=C2/SC(=Nc3ccc(OCC)cc3)NC2=O)cc1OC. The number of benzene rings is 2. The summed E-state index contributed by atoms with van der Waals surface area (Å²) in [4.78, 5) is 17.4. The Morgan fingerprint density at radius 1 is 1.23 bits per heavy atom. The lowest BCUT2D eigenvalue weighted by atomic mass is 10.2. The van der Waals surface area contributed by atoms with Crippen LogP contribution in [0.15, 0.2) is 50.8 Å². The zero-order valence-electron chi connectivity index (χ0n) is 16.4. The minimum Gasteiger partial charge on any atom is -0.494 e. The third-order valence-electron chi connectivity index (χ3n) is 3.91. The number of amides is 1. The first-order valence-electron chi connectivity index (χ1n) is 9.00. The summed E-state index contributed by atoms with van der Waals surface area (Å²) in [6.07, 6.45) is 7.01. The molecule has 1 heterocycles. The second kappa shape index (κ2) is 10.2. The number of amidine groups is 1. The number of aliphatic imine (C=N–C) groups is 1. The quantitative estimate of drug-likeness (QED) is 0.451. The first-order chi connectivity index (χ1) is 14.5. The molecule has 1 aliphatic rings. The van der Waals surface area contributed by atoms with Crippen molar-refractivity contribution in [2.75, 3.05) is 20.3 Å². The maximum absolute atomic E-state index is 12.4. The Labute approximate surface area is 187 Å². The molecule has 0 aromatic heterocycles.